The van der Waals surface area contributed by atoms with Gasteiger partial charge in [0.1, 0.15) is 18.0 Å². The molecule has 198 valence electrons. The van der Waals surface area contributed by atoms with Gasteiger partial charge in [0.2, 0.25) is 0 Å². The first-order valence-corrected chi connectivity index (χ1v) is 12.8. The minimum absolute atomic E-state index is 0.103. The van der Waals surface area contributed by atoms with Gasteiger partial charge >= 0.3 is 11.6 Å². The fourth-order valence-corrected chi connectivity index (χ4v) is 5.12. The molecular formula is C23H30F3N5O4S. The SMILES string of the molecule is CN(CC1CCN(C(=O)O)C(C(C)(C)C)C1)c1cc(Nc2ccc(S(=O)(=O)C(F)(F)F)cc2)ncn1. The number of carbonyl (C=O) groups is 1. The lowest BCUT2D eigenvalue weighted by Gasteiger charge is -2.45. The monoisotopic (exact) mass is 529 g/mol. The molecule has 9 nitrogen and oxygen atoms in total. The van der Waals surface area contributed by atoms with Crippen LogP contribution in [0, 0.1) is 11.3 Å². The Bertz CT molecular complexity index is 1180. The highest BCUT2D eigenvalue weighted by Crippen LogP contribution is 2.35. The van der Waals surface area contributed by atoms with E-state index in [9.17, 15) is 31.5 Å². The molecule has 1 aliphatic rings. The Kier molecular flexibility index (Phi) is 7.72. The predicted octanol–water partition coefficient (Wildman–Crippen LogP) is 4.75. The van der Waals surface area contributed by atoms with Crippen LogP contribution in [0.15, 0.2) is 41.6 Å². The Morgan fingerprint density at radius 2 is 1.83 bits per heavy atom. The summed E-state index contributed by atoms with van der Waals surface area (Å²) in [5, 5.41) is 12.5. The maximum Gasteiger partial charge on any atom is 0.501 e. The number of carboxylic acid groups (broad SMARTS) is 1. The van der Waals surface area contributed by atoms with Crippen molar-refractivity contribution in [3.05, 3.63) is 36.7 Å². The van der Waals surface area contributed by atoms with E-state index in [4.69, 9.17) is 0 Å². The number of likely N-dealkylation sites (tertiary alicyclic amines) is 1. The number of anilines is 3. The summed E-state index contributed by atoms with van der Waals surface area (Å²) < 4.78 is 61.3. The number of halogens is 3. The topological polar surface area (TPSA) is 116 Å². The van der Waals surface area contributed by atoms with Gasteiger partial charge in [0, 0.05) is 37.9 Å². The molecule has 3 rings (SSSR count). The van der Waals surface area contributed by atoms with Crippen molar-refractivity contribution in [1.82, 2.24) is 14.9 Å². The number of benzene rings is 1. The van der Waals surface area contributed by atoms with Crippen molar-refractivity contribution in [3.63, 3.8) is 0 Å². The van der Waals surface area contributed by atoms with Crippen molar-refractivity contribution in [2.45, 2.75) is 50.1 Å². The third-order valence-corrected chi connectivity index (χ3v) is 7.78. The van der Waals surface area contributed by atoms with Crippen molar-refractivity contribution >= 4 is 33.3 Å². The van der Waals surface area contributed by atoms with Gasteiger partial charge in [-0.15, -0.1) is 0 Å². The van der Waals surface area contributed by atoms with Gasteiger partial charge in [-0.05, 0) is 48.4 Å². The molecule has 1 aliphatic heterocycles. The van der Waals surface area contributed by atoms with Gasteiger partial charge < -0.3 is 20.2 Å². The fourth-order valence-electron chi connectivity index (χ4n) is 4.36. The number of piperidine rings is 1. The lowest BCUT2D eigenvalue weighted by Crippen LogP contribution is -2.52. The number of nitrogens with one attached hydrogen (secondary N) is 1. The first-order valence-electron chi connectivity index (χ1n) is 11.3. The summed E-state index contributed by atoms with van der Waals surface area (Å²) in [5.74, 6) is 1.24. The number of nitrogens with zero attached hydrogens (tertiary/aromatic N) is 4. The number of hydrogen-bond acceptors (Lipinski definition) is 7. The summed E-state index contributed by atoms with van der Waals surface area (Å²) in [6, 6.07) is 5.80. The standard InChI is InChI=1S/C23H30F3N5O4S/c1-22(2,3)18-11-15(9-10-31(18)21(32)33)13-30(4)20-12-19(27-14-28-20)29-16-5-7-17(8-6-16)36(34,35)23(24,25)26/h5-8,12,14-15,18H,9-11,13H2,1-4H3,(H,32,33)(H,27,28,29). The molecule has 0 aliphatic carbocycles. The van der Waals surface area contributed by atoms with E-state index in [2.05, 4.69) is 15.3 Å². The summed E-state index contributed by atoms with van der Waals surface area (Å²) in [7, 11) is -3.54. The van der Waals surface area contributed by atoms with Crippen molar-refractivity contribution in [2.24, 2.45) is 11.3 Å². The Balaban J connectivity index is 1.68. The Morgan fingerprint density at radius 1 is 1.19 bits per heavy atom. The van der Waals surface area contributed by atoms with Crippen LogP contribution in [0.3, 0.4) is 0 Å². The predicted molar refractivity (Wildman–Crippen MR) is 129 cm³/mol. The zero-order chi connectivity index (χ0) is 26.9. The number of amides is 1. The smallest absolute Gasteiger partial charge is 0.465 e. The zero-order valence-corrected chi connectivity index (χ0v) is 21.3. The first kappa shape index (κ1) is 27.5. The molecule has 1 saturated heterocycles. The second-order valence-electron chi connectivity index (χ2n) is 9.99. The molecule has 1 aromatic heterocycles. The molecule has 0 saturated carbocycles. The number of hydrogen-bond donors (Lipinski definition) is 2. The molecular weight excluding hydrogens is 499 g/mol. The van der Waals surface area contributed by atoms with Crippen LogP contribution in [0.2, 0.25) is 0 Å². The molecule has 0 spiro atoms. The third kappa shape index (κ3) is 6.18. The molecule has 1 aromatic carbocycles. The minimum Gasteiger partial charge on any atom is -0.465 e. The summed E-state index contributed by atoms with van der Waals surface area (Å²) >= 11 is 0. The van der Waals surface area contributed by atoms with Gasteiger partial charge in [0.15, 0.2) is 0 Å². The second kappa shape index (κ2) is 10.1. The Labute approximate surface area is 208 Å². The summed E-state index contributed by atoms with van der Waals surface area (Å²) in [5.41, 5.74) is -5.21. The van der Waals surface area contributed by atoms with Gasteiger partial charge in [-0.25, -0.2) is 23.2 Å². The minimum atomic E-state index is -5.42. The van der Waals surface area contributed by atoms with Crippen molar-refractivity contribution in [1.29, 1.82) is 0 Å². The van der Waals surface area contributed by atoms with E-state index in [1.54, 1.807) is 6.07 Å². The molecule has 1 fully saturated rings. The van der Waals surface area contributed by atoms with Gasteiger partial charge in [0.25, 0.3) is 9.84 Å². The molecule has 0 radical (unpaired) electrons. The van der Waals surface area contributed by atoms with E-state index < -0.39 is 26.3 Å². The summed E-state index contributed by atoms with van der Waals surface area (Å²) in [6.45, 7) is 7.22. The van der Waals surface area contributed by atoms with E-state index in [0.29, 0.717) is 30.4 Å². The van der Waals surface area contributed by atoms with E-state index in [-0.39, 0.29) is 17.4 Å². The maximum absolute atomic E-state index is 12.7. The average molecular weight is 530 g/mol. The van der Waals surface area contributed by atoms with Crippen molar-refractivity contribution < 1.29 is 31.5 Å². The lowest BCUT2D eigenvalue weighted by atomic mass is 9.77. The molecule has 36 heavy (non-hydrogen) atoms. The molecule has 2 atom stereocenters. The van der Waals surface area contributed by atoms with Gasteiger partial charge in [-0.2, -0.15) is 13.2 Å². The molecule has 13 heteroatoms. The van der Waals surface area contributed by atoms with Crippen LogP contribution < -0.4 is 10.2 Å². The maximum atomic E-state index is 12.7. The molecule has 2 unspecified atom stereocenters. The fraction of sp³-hybridized carbons (Fsp3) is 0.522. The van der Waals surface area contributed by atoms with Crippen molar-refractivity contribution in [3.8, 4) is 0 Å². The Hall–Kier alpha value is -3.09. The first-order chi connectivity index (χ1) is 16.6. The highest BCUT2D eigenvalue weighted by Gasteiger charge is 2.46. The van der Waals surface area contributed by atoms with E-state index in [0.717, 1.165) is 25.0 Å². The largest absolute Gasteiger partial charge is 0.501 e. The second-order valence-corrected chi connectivity index (χ2v) is 11.9. The number of alkyl halides is 3. The van der Waals surface area contributed by atoms with Crippen LogP contribution in [-0.2, 0) is 9.84 Å². The van der Waals surface area contributed by atoms with E-state index in [1.165, 1.54) is 23.4 Å². The molecule has 0 bridgehead atoms. The molecule has 2 aromatic rings. The number of rotatable bonds is 6. The molecule has 2 heterocycles. The molecule has 1 amide bonds. The van der Waals surface area contributed by atoms with Crippen LogP contribution in [0.5, 0.6) is 0 Å². The third-order valence-electron chi connectivity index (χ3n) is 6.27. The Morgan fingerprint density at radius 3 is 2.39 bits per heavy atom. The normalized spacial score (nSPS) is 19.1. The lowest BCUT2D eigenvalue weighted by molar-refractivity contribution is -0.0436. The van der Waals surface area contributed by atoms with Gasteiger partial charge in [-0.1, -0.05) is 20.8 Å². The van der Waals surface area contributed by atoms with Crippen LogP contribution in [0.4, 0.5) is 35.3 Å². The van der Waals surface area contributed by atoms with Gasteiger partial charge in [0.05, 0.1) is 4.90 Å². The zero-order valence-electron chi connectivity index (χ0n) is 20.5. The quantitative estimate of drug-likeness (QED) is 0.551. The van der Waals surface area contributed by atoms with Crippen LogP contribution in [0.1, 0.15) is 33.6 Å². The molecule has 2 N–H and O–H groups in total. The summed E-state index contributed by atoms with van der Waals surface area (Å²) in [4.78, 5) is 22.7. The van der Waals surface area contributed by atoms with Crippen LogP contribution in [0.25, 0.3) is 0 Å². The van der Waals surface area contributed by atoms with Crippen LogP contribution in [-0.4, -0.2) is 66.2 Å². The number of sulfone groups is 1. The van der Waals surface area contributed by atoms with E-state index >= 15 is 0 Å². The highest BCUT2D eigenvalue weighted by atomic mass is 32.2. The van der Waals surface area contributed by atoms with Gasteiger partial charge in [-0.3, -0.25) is 0 Å². The van der Waals surface area contributed by atoms with Crippen molar-refractivity contribution in [2.75, 3.05) is 30.4 Å². The number of aromatic nitrogens is 2. The van der Waals surface area contributed by atoms with Crippen LogP contribution >= 0.6 is 0 Å². The summed E-state index contributed by atoms with van der Waals surface area (Å²) in [6.07, 6.45) is 1.90. The highest BCUT2D eigenvalue weighted by molar-refractivity contribution is 7.92. The van der Waals surface area contributed by atoms with E-state index in [1.807, 2.05) is 32.7 Å². The average Bonchev–Trinajstić information content (AvgIpc) is 2.78.